The predicted octanol–water partition coefficient (Wildman–Crippen LogP) is 2.96. The van der Waals surface area contributed by atoms with Crippen molar-refractivity contribution in [3.8, 4) is 6.07 Å². The maximum Gasteiger partial charge on any atom is 0.227 e. The molecule has 0 bridgehead atoms. The van der Waals surface area contributed by atoms with Crippen molar-refractivity contribution in [1.82, 2.24) is 4.72 Å². The Morgan fingerprint density at radius 2 is 1.67 bits per heavy atom. The van der Waals surface area contributed by atoms with Crippen molar-refractivity contribution in [2.45, 2.75) is 70.5 Å². The largest absolute Gasteiger partial charge is 0.227 e. The standard InChI is InChI=1S/C13H26N2O2S/c1-3-5-7-8-9-10-13(12-14)18(16,17)15-11-6-4-2/h13,15H,3-11H2,1-2H3. The summed E-state index contributed by atoms with van der Waals surface area (Å²) in [5.74, 6) is 0. The first kappa shape index (κ1) is 17.4. The van der Waals surface area contributed by atoms with Crippen LogP contribution in [-0.2, 0) is 10.0 Å². The Bertz CT molecular complexity index is 333. The SMILES string of the molecule is CCCCCCCC(C#N)S(=O)(=O)NCCCC. The van der Waals surface area contributed by atoms with Crippen molar-refractivity contribution in [3.05, 3.63) is 0 Å². The number of nitriles is 1. The predicted molar refractivity (Wildman–Crippen MR) is 74.6 cm³/mol. The fourth-order valence-electron chi connectivity index (χ4n) is 1.71. The Morgan fingerprint density at radius 3 is 2.22 bits per heavy atom. The van der Waals surface area contributed by atoms with Crippen molar-refractivity contribution in [1.29, 1.82) is 5.26 Å². The lowest BCUT2D eigenvalue weighted by molar-refractivity contribution is 0.556. The molecule has 0 fully saturated rings. The molecule has 4 nitrogen and oxygen atoms in total. The topological polar surface area (TPSA) is 70.0 Å². The third kappa shape index (κ3) is 7.67. The van der Waals surface area contributed by atoms with E-state index in [1.807, 2.05) is 13.0 Å². The number of sulfonamides is 1. The van der Waals surface area contributed by atoms with E-state index in [9.17, 15) is 8.42 Å². The van der Waals surface area contributed by atoms with Crippen LogP contribution < -0.4 is 4.72 Å². The number of rotatable bonds is 11. The second-order valence-electron chi connectivity index (χ2n) is 4.61. The molecule has 106 valence electrons. The smallest absolute Gasteiger partial charge is 0.214 e. The molecular weight excluding hydrogens is 248 g/mol. The first-order valence-corrected chi connectivity index (χ1v) is 8.51. The molecule has 1 N–H and O–H groups in total. The maximum absolute atomic E-state index is 11.8. The molecule has 0 aliphatic carbocycles. The fraction of sp³-hybridized carbons (Fsp3) is 0.923. The van der Waals surface area contributed by atoms with Crippen LogP contribution in [-0.4, -0.2) is 20.2 Å². The summed E-state index contributed by atoms with van der Waals surface area (Å²) < 4.78 is 26.2. The monoisotopic (exact) mass is 274 g/mol. The van der Waals surface area contributed by atoms with Crippen LogP contribution in [0, 0.1) is 11.3 Å². The van der Waals surface area contributed by atoms with Crippen molar-refractivity contribution in [3.63, 3.8) is 0 Å². The number of hydrogen-bond donors (Lipinski definition) is 1. The summed E-state index contributed by atoms with van der Waals surface area (Å²) in [5, 5.41) is 8.06. The van der Waals surface area contributed by atoms with Crippen LogP contribution in [0.5, 0.6) is 0 Å². The zero-order valence-corrected chi connectivity index (χ0v) is 12.4. The first-order chi connectivity index (χ1) is 8.58. The summed E-state index contributed by atoms with van der Waals surface area (Å²) in [6, 6.07) is 1.91. The van der Waals surface area contributed by atoms with Gasteiger partial charge in [-0.25, -0.2) is 13.1 Å². The molecule has 0 aromatic heterocycles. The fourth-order valence-corrected chi connectivity index (χ4v) is 2.96. The summed E-state index contributed by atoms with van der Waals surface area (Å²) in [5.41, 5.74) is 0. The van der Waals surface area contributed by atoms with Crippen molar-refractivity contribution in [2.24, 2.45) is 0 Å². The molecule has 1 atom stereocenters. The molecule has 0 spiro atoms. The van der Waals surface area contributed by atoms with Crippen LogP contribution in [0.1, 0.15) is 65.2 Å². The second-order valence-corrected chi connectivity index (χ2v) is 6.56. The van der Waals surface area contributed by atoms with Crippen LogP contribution in [0.3, 0.4) is 0 Å². The van der Waals surface area contributed by atoms with Gasteiger partial charge in [0.15, 0.2) is 5.25 Å². The highest BCUT2D eigenvalue weighted by molar-refractivity contribution is 7.90. The second kappa shape index (κ2) is 10.3. The summed E-state index contributed by atoms with van der Waals surface area (Å²) in [6.45, 7) is 4.58. The van der Waals surface area contributed by atoms with E-state index in [1.165, 1.54) is 12.8 Å². The maximum atomic E-state index is 11.8. The lowest BCUT2D eigenvalue weighted by Crippen LogP contribution is -2.34. The third-order valence-corrected chi connectivity index (χ3v) is 4.62. The van der Waals surface area contributed by atoms with Gasteiger partial charge in [-0.1, -0.05) is 52.4 Å². The van der Waals surface area contributed by atoms with Gasteiger partial charge in [-0.3, -0.25) is 0 Å². The molecule has 0 heterocycles. The highest BCUT2D eigenvalue weighted by Gasteiger charge is 2.23. The zero-order chi connectivity index (χ0) is 13.9. The van der Waals surface area contributed by atoms with Gasteiger partial charge in [0.1, 0.15) is 0 Å². The van der Waals surface area contributed by atoms with E-state index >= 15 is 0 Å². The molecule has 18 heavy (non-hydrogen) atoms. The highest BCUT2D eigenvalue weighted by atomic mass is 32.2. The van der Waals surface area contributed by atoms with Crippen LogP contribution in [0.2, 0.25) is 0 Å². The molecule has 0 saturated carbocycles. The molecular formula is C13H26N2O2S. The normalized spacial score (nSPS) is 13.2. The molecule has 0 amide bonds. The van der Waals surface area contributed by atoms with E-state index in [-0.39, 0.29) is 0 Å². The quantitative estimate of drug-likeness (QED) is 0.589. The van der Waals surface area contributed by atoms with E-state index in [1.54, 1.807) is 0 Å². The first-order valence-electron chi connectivity index (χ1n) is 6.96. The van der Waals surface area contributed by atoms with Gasteiger partial charge in [0.25, 0.3) is 0 Å². The average Bonchev–Trinajstić information content (AvgIpc) is 2.33. The van der Waals surface area contributed by atoms with Gasteiger partial charge in [0, 0.05) is 6.54 Å². The molecule has 0 saturated heterocycles. The van der Waals surface area contributed by atoms with Gasteiger partial charge in [0.2, 0.25) is 10.0 Å². The van der Waals surface area contributed by atoms with Gasteiger partial charge < -0.3 is 0 Å². The Kier molecular flexibility index (Phi) is 9.99. The Hall–Kier alpha value is -0.600. The lowest BCUT2D eigenvalue weighted by Gasteiger charge is -2.11. The molecule has 0 aromatic rings. The molecule has 0 rings (SSSR count). The molecule has 0 aromatic carbocycles. The molecule has 5 heteroatoms. The minimum atomic E-state index is -3.45. The van der Waals surface area contributed by atoms with Crippen molar-refractivity contribution < 1.29 is 8.42 Å². The van der Waals surface area contributed by atoms with Crippen LogP contribution >= 0.6 is 0 Å². The number of hydrogen-bond acceptors (Lipinski definition) is 3. The van der Waals surface area contributed by atoms with E-state index < -0.39 is 15.3 Å². The van der Waals surface area contributed by atoms with Gasteiger partial charge in [-0.05, 0) is 12.8 Å². The van der Waals surface area contributed by atoms with Gasteiger partial charge in [-0.15, -0.1) is 0 Å². The van der Waals surface area contributed by atoms with Gasteiger partial charge >= 0.3 is 0 Å². The van der Waals surface area contributed by atoms with Crippen molar-refractivity contribution in [2.75, 3.05) is 6.54 Å². The summed E-state index contributed by atoms with van der Waals surface area (Å²) in [7, 11) is -3.45. The molecule has 1 unspecified atom stereocenters. The van der Waals surface area contributed by atoms with E-state index in [2.05, 4.69) is 11.6 Å². The van der Waals surface area contributed by atoms with Gasteiger partial charge in [-0.2, -0.15) is 5.26 Å². The number of unbranched alkanes of at least 4 members (excludes halogenated alkanes) is 5. The molecule has 0 aliphatic heterocycles. The minimum Gasteiger partial charge on any atom is -0.214 e. The molecule has 0 aliphatic rings. The van der Waals surface area contributed by atoms with E-state index in [4.69, 9.17) is 5.26 Å². The Labute approximate surface area is 112 Å². The van der Waals surface area contributed by atoms with E-state index in [0.29, 0.717) is 13.0 Å². The third-order valence-electron chi connectivity index (χ3n) is 2.92. The Morgan fingerprint density at radius 1 is 1.06 bits per heavy atom. The zero-order valence-electron chi connectivity index (χ0n) is 11.6. The summed E-state index contributed by atoms with van der Waals surface area (Å²) >= 11 is 0. The summed E-state index contributed by atoms with van der Waals surface area (Å²) in [6.07, 6.45) is 7.49. The van der Waals surface area contributed by atoms with E-state index in [0.717, 1.165) is 32.1 Å². The average molecular weight is 274 g/mol. The molecule has 0 radical (unpaired) electrons. The number of nitrogens with one attached hydrogen (secondary N) is 1. The summed E-state index contributed by atoms with van der Waals surface area (Å²) in [4.78, 5) is 0. The van der Waals surface area contributed by atoms with Gasteiger partial charge in [0.05, 0.1) is 6.07 Å². The lowest BCUT2D eigenvalue weighted by atomic mass is 10.1. The van der Waals surface area contributed by atoms with Crippen LogP contribution in [0.15, 0.2) is 0 Å². The van der Waals surface area contributed by atoms with Crippen molar-refractivity contribution >= 4 is 10.0 Å². The number of nitrogens with zero attached hydrogens (tertiary/aromatic N) is 1. The van der Waals surface area contributed by atoms with Crippen LogP contribution in [0.4, 0.5) is 0 Å². The highest BCUT2D eigenvalue weighted by Crippen LogP contribution is 2.11. The van der Waals surface area contributed by atoms with Crippen LogP contribution in [0.25, 0.3) is 0 Å². The minimum absolute atomic E-state index is 0.437. The Balaban J connectivity index is 4.03.